The summed E-state index contributed by atoms with van der Waals surface area (Å²) in [5, 5.41) is 1.20. The number of aryl methyl sites for hydroxylation is 1. The molecule has 1 aromatic heterocycles. The molecule has 0 saturated carbocycles. The van der Waals surface area contributed by atoms with Gasteiger partial charge in [-0.2, -0.15) is 0 Å². The van der Waals surface area contributed by atoms with Gasteiger partial charge in [0.15, 0.2) is 0 Å². The molecule has 0 spiro atoms. The van der Waals surface area contributed by atoms with Crippen LogP contribution in [0.1, 0.15) is 27.2 Å². The Labute approximate surface area is 103 Å². The van der Waals surface area contributed by atoms with Gasteiger partial charge in [0.05, 0.1) is 12.6 Å². The molecule has 0 bridgehead atoms. The summed E-state index contributed by atoms with van der Waals surface area (Å²) in [6, 6.07) is 8.35. The van der Waals surface area contributed by atoms with Crippen LogP contribution in [-0.2, 0) is 6.54 Å². The third-order valence-electron chi connectivity index (χ3n) is 3.10. The molecular formula is C15H21NO. The SMILES string of the molecule is COc1cccc2c1ccn2CCC(C)(C)C. The minimum Gasteiger partial charge on any atom is -0.496 e. The number of aromatic nitrogens is 1. The first-order valence-corrected chi connectivity index (χ1v) is 6.13. The van der Waals surface area contributed by atoms with Gasteiger partial charge in [-0.1, -0.05) is 26.8 Å². The highest BCUT2D eigenvalue weighted by molar-refractivity contribution is 5.86. The molecule has 0 amide bonds. The van der Waals surface area contributed by atoms with Crippen molar-refractivity contribution in [3.8, 4) is 5.75 Å². The monoisotopic (exact) mass is 231 g/mol. The Morgan fingerprint density at radius 2 is 1.94 bits per heavy atom. The minimum atomic E-state index is 0.370. The number of hydrogen-bond acceptors (Lipinski definition) is 1. The first-order chi connectivity index (χ1) is 8.01. The minimum absolute atomic E-state index is 0.370. The standard InChI is InChI=1S/C15H21NO/c1-15(2,3)9-11-16-10-8-12-13(16)6-5-7-14(12)17-4/h5-8,10H,9,11H2,1-4H3. The molecule has 0 aliphatic rings. The Bertz CT molecular complexity index is 505. The fraction of sp³-hybridized carbons (Fsp3) is 0.467. The quantitative estimate of drug-likeness (QED) is 0.776. The van der Waals surface area contributed by atoms with Crippen LogP contribution in [0.25, 0.3) is 10.9 Å². The lowest BCUT2D eigenvalue weighted by molar-refractivity contribution is 0.353. The Morgan fingerprint density at radius 3 is 2.59 bits per heavy atom. The first kappa shape index (κ1) is 12.0. The predicted molar refractivity (Wildman–Crippen MR) is 72.6 cm³/mol. The van der Waals surface area contributed by atoms with Crippen molar-refractivity contribution in [2.45, 2.75) is 33.7 Å². The van der Waals surface area contributed by atoms with E-state index >= 15 is 0 Å². The number of ether oxygens (including phenoxy) is 1. The summed E-state index contributed by atoms with van der Waals surface area (Å²) >= 11 is 0. The Balaban J connectivity index is 2.30. The molecule has 17 heavy (non-hydrogen) atoms. The molecule has 0 atom stereocenters. The Hall–Kier alpha value is -1.44. The van der Waals surface area contributed by atoms with Gasteiger partial charge in [-0.25, -0.2) is 0 Å². The number of rotatable bonds is 3. The van der Waals surface area contributed by atoms with Crippen LogP contribution in [0.5, 0.6) is 5.75 Å². The number of nitrogens with zero attached hydrogens (tertiary/aromatic N) is 1. The maximum Gasteiger partial charge on any atom is 0.128 e. The molecule has 0 aliphatic carbocycles. The average molecular weight is 231 g/mol. The van der Waals surface area contributed by atoms with Gasteiger partial charge in [-0.15, -0.1) is 0 Å². The molecular weight excluding hydrogens is 210 g/mol. The van der Waals surface area contributed by atoms with Crippen molar-refractivity contribution < 1.29 is 4.74 Å². The number of benzene rings is 1. The van der Waals surface area contributed by atoms with Crippen molar-refractivity contribution in [2.75, 3.05) is 7.11 Å². The molecule has 2 aromatic rings. The third-order valence-corrected chi connectivity index (χ3v) is 3.10. The molecule has 2 rings (SSSR count). The number of fused-ring (bicyclic) bond motifs is 1. The second-order valence-electron chi connectivity index (χ2n) is 5.71. The molecule has 1 heterocycles. The summed E-state index contributed by atoms with van der Waals surface area (Å²) in [7, 11) is 1.72. The van der Waals surface area contributed by atoms with Crippen LogP contribution in [0.4, 0.5) is 0 Å². The van der Waals surface area contributed by atoms with E-state index in [-0.39, 0.29) is 0 Å². The molecule has 0 unspecified atom stereocenters. The van der Waals surface area contributed by atoms with Crippen LogP contribution in [-0.4, -0.2) is 11.7 Å². The summed E-state index contributed by atoms with van der Waals surface area (Å²) in [4.78, 5) is 0. The van der Waals surface area contributed by atoms with Gasteiger partial charge in [-0.05, 0) is 30.0 Å². The van der Waals surface area contributed by atoms with Gasteiger partial charge in [0, 0.05) is 18.1 Å². The first-order valence-electron chi connectivity index (χ1n) is 6.13. The smallest absolute Gasteiger partial charge is 0.128 e. The molecule has 0 radical (unpaired) electrons. The second kappa shape index (κ2) is 4.44. The number of hydrogen-bond donors (Lipinski definition) is 0. The maximum atomic E-state index is 5.37. The predicted octanol–water partition coefficient (Wildman–Crippen LogP) is 4.09. The normalized spacial score (nSPS) is 12.0. The van der Waals surface area contributed by atoms with E-state index in [4.69, 9.17) is 4.74 Å². The van der Waals surface area contributed by atoms with Crippen molar-refractivity contribution in [1.29, 1.82) is 0 Å². The lowest BCUT2D eigenvalue weighted by atomic mass is 9.92. The summed E-state index contributed by atoms with van der Waals surface area (Å²) in [6.07, 6.45) is 3.33. The zero-order valence-corrected chi connectivity index (χ0v) is 11.2. The van der Waals surface area contributed by atoms with Crippen LogP contribution >= 0.6 is 0 Å². The molecule has 0 saturated heterocycles. The lowest BCUT2D eigenvalue weighted by Crippen LogP contribution is -2.09. The molecule has 0 aliphatic heterocycles. The largest absolute Gasteiger partial charge is 0.496 e. The van der Waals surface area contributed by atoms with Gasteiger partial charge < -0.3 is 9.30 Å². The fourth-order valence-electron chi connectivity index (χ4n) is 2.02. The highest BCUT2D eigenvalue weighted by Crippen LogP contribution is 2.27. The van der Waals surface area contributed by atoms with Crippen LogP contribution in [0.3, 0.4) is 0 Å². The summed E-state index contributed by atoms with van der Waals surface area (Å²) < 4.78 is 7.68. The van der Waals surface area contributed by atoms with E-state index in [2.05, 4.69) is 49.7 Å². The summed E-state index contributed by atoms with van der Waals surface area (Å²) in [5.41, 5.74) is 1.63. The van der Waals surface area contributed by atoms with E-state index in [0.29, 0.717) is 5.41 Å². The Morgan fingerprint density at radius 1 is 1.18 bits per heavy atom. The van der Waals surface area contributed by atoms with Gasteiger partial charge in [0.2, 0.25) is 0 Å². The van der Waals surface area contributed by atoms with Crippen LogP contribution < -0.4 is 4.74 Å². The van der Waals surface area contributed by atoms with Gasteiger partial charge in [-0.3, -0.25) is 0 Å². The van der Waals surface area contributed by atoms with Crippen LogP contribution in [0.2, 0.25) is 0 Å². The zero-order chi connectivity index (χ0) is 12.5. The zero-order valence-electron chi connectivity index (χ0n) is 11.2. The third kappa shape index (κ3) is 2.63. The Kier molecular flexibility index (Phi) is 3.14. The van der Waals surface area contributed by atoms with Crippen LogP contribution in [0, 0.1) is 5.41 Å². The molecule has 1 aromatic carbocycles. The molecule has 2 nitrogen and oxygen atoms in total. The fourth-order valence-corrected chi connectivity index (χ4v) is 2.02. The van der Waals surface area contributed by atoms with Crippen molar-refractivity contribution in [3.63, 3.8) is 0 Å². The topological polar surface area (TPSA) is 14.2 Å². The lowest BCUT2D eigenvalue weighted by Gasteiger charge is -2.18. The average Bonchev–Trinajstić information content (AvgIpc) is 2.68. The van der Waals surface area contributed by atoms with Gasteiger partial charge >= 0.3 is 0 Å². The second-order valence-corrected chi connectivity index (χ2v) is 5.71. The molecule has 0 N–H and O–H groups in total. The molecule has 0 fully saturated rings. The highest BCUT2D eigenvalue weighted by atomic mass is 16.5. The van der Waals surface area contributed by atoms with E-state index in [1.807, 2.05) is 6.07 Å². The van der Waals surface area contributed by atoms with Crippen molar-refractivity contribution >= 4 is 10.9 Å². The van der Waals surface area contributed by atoms with Crippen molar-refractivity contribution in [2.24, 2.45) is 5.41 Å². The maximum absolute atomic E-state index is 5.37. The molecule has 92 valence electrons. The van der Waals surface area contributed by atoms with E-state index < -0.39 is 0 Å². The van der Waals surface area contributed by atoms with Gasteiger partial charge in [0.1, 0.15) is 5.75 Å². The van der Waals surface area contributed by atoms with E-state index in [1.54, 1.807) is 7.11 Å². The summed E-state index contributed by atoms with van der Waals surface area (Å²) in [5.74, 6) is 0.956. The van der Waals surface area contributed by atoms with Crippen LogP contribution in [0.15, 0.2) is 30.5 Å². The van der Waals surface area contributed by atoms with E-state index in [1.165, 1.54) is 17.3 Å². The highest BCUT2D eigenvalue weighted by Gasteiger charge is 2.11. The van der Waals surface area contributed by atoms with E-state index in [9.17, 15) is 0 Å². The van der Waals surface area contributed by atoms with Gasteiger partial charge in [0.25, 0.3) is 0 Å². The molecule has 2 heteroatoms. The van der Waals surface area contributed by atoms with Crippen molar-refractivity contribution in [1.82, 2.24) is 4.57 Å². The van der Waals surface area contributed by atoms with E-state index in [0.717, 1.165) is 12.3 Å². The summed E-state index contributed by atoms with van der Waals surface area (Å²) in [6.45, 7) is 7.89. The number of methoxy groups -OCH3 is 1. The van der Waals surface area contributed by atoms with Crippen molar-refractivity contribution in [3.05, 3.63) is 30.5 Å².